The monoisotopic (exact) mass is 259 g/mol. The average Bonchev–Trinajstić information content (AvgIpc) is 2.93. The molecule has 2 fully saturated rings. The summed E-state index contributed by atoms with van der Waals surface area (Å²) in [6, 6.07) is 7.69. The molecule has 0 bridgehead atoms. The summed E-state index contributed by atoms with van der Waals surface area (Å²) < 4.78 is 0. The molecule has 2 amide bonds. The van der Waals surface area contributed by atoms with Crippen molar-refractivity contribution < 1.29 is 9.59 Å². The first-order valence-electron chi connectivity index (χ1n) is 6.67. The molecule has 2 saturated heterocycles. The zero-order valence-electron chi connectivity index (χ0n) is 10.8. The van der Waals surface area contributed by atoms with Gasteiger partial charge < -0.3 is 4.90 Å². The SMILES string of the molecule is O=C1CNCC(=O)N1c1ccc(N2CCCC2)cc1. The molecular weight excluding hydrogens is 242 g/mol. The third kappa shape index (κ3) is 2.33. The Morgan fingerprint density at radius 3 is 1.95 bits per heavy atom. The van der Waals surface area contributed by atoms with E-state index in [9.17, 15) is 9.59 Å². The van der Waals surface area contributed by atoms with Gasteiger partial charge in [0.05, 0.1) is 18.8 Å². The maximum absolute atomic E-state index is 11.8. The Balaban J connectivity index is 1.81. The highest BCUT2D eigenvalue weighted by Gasteiger charge is 2.27. The van der Waals surface area contributed by atoms with Crippen molar-refractivity contribution >= 4 is 23.2 Å². The summed E-state index contributed by atoms with van der Waals surface area (Å²) in [5.41, 5.74) is 1.83. The number of nitrogens with one attached hydrogen (secondary N) is 1. The number of carbonyl (C=O) groups is 2. The van der Waals surface area contributed by atoms with Crippen LogP contribution in [0.5, 0.6) is 0 Å². The summed E-state index contributed by atoms with van der Waals surface area (Å²) >= 11 is 0. The predicted molar refractivity (Wildman–Crippen MR) is 73.3 cm³/mol. The number of anilines is 2. The molecule has 0 spiro atoms. The molecule has 2 heterocycles. The molecule has 0 unspecified atom stereocenters. The fourth-order valence-electron chi connectivity index (χ4n) is 2.65. The van der Waals surface area contributed by atoms with Gasteiger partial charge in [-0.15, -0.1) is 0 Å². The quantitative estimate of drug-likeness (QED) is 0.796. The van der Waals surface area contributed by atoms with E-state index in [1.165, 1.54) is 17.7 Å². The Hall–Kier alpha value is -1.88. The molecule has 100 valence electrons. The second-order valence-electron chi connectivity index (χ2n) is 4.94. The van der Waals surface area contributed by atoms with E-state index < -0.39 is 0 Å². The molecule has 0 atom stereocenters. The number of nitrogens with zero attached hydrogens (tertiary/aromatic N) is 2. The van der Waals surface area contributed by atoms with Crippen LogP contribution in [0.25, 0.3) is 0 Å². The summed E-state index contributed by atoms with van der Waals surface area (Å²) in [4.78, 5) is 27.1. The number of hydrogen-bond donors (Lipinski definition) is 1. The molecule has 0 aliphatic carbocycles. The second kappa shape index (κ2) is 5.01. The van der Waals surface area contributed by atoms with Crippen molar-refractivity contribution in [2.45, 2.75) is 12.8 Å². The van der Waals surface area contributed by atoms with Gasteiger partial charge in [0.2, 0.25) is 11.8 Å². The average molecular weight is 259 g/mol. The Morgan fingerprint density at radius 2 is 1.37 bits per heavy atom. The molecule has 5 heteroatoms. The third-order valence-corrected chi connectivity index (χ3v) is 3.63. The van der Waals surface area contributed by atoms with Crippen molar-refractivity contribution in [3.63, 3.8) is 0 Å². The van der Waals surface area contributed by atoms with Gasteiger partial charge >= 0.3 is 0 Å². The van der Waals surface area contributed by atoms with Crippen LogP contribution in [-0.2, 0) is 9.59 Å². The van der Waals surface area contributed by atoms with E-state index in [2.05, 4.69) is 10.2 Å². The van der Waals surface area contributed by atoms with Crippen LogP contribution in [0.3, 0.4) is 0 Å². The predicted octanol–water partition coefficient (Wildman–Crippen LogP) is 0.750. The van der Waals surface area contributed by atoms with E-state index in [1.54, 1.807) is 0 Å². The second-order valence-corrected chi connectivity index (χ2v) is 4.94. The van der Waals surface area contributed by atoms with Crippen LogP contribution >= 0.6 is 0 Å². The Kier molecular flexibility index (Phi) is 3.21. The lowest BCUT2D eigenvalue weighted by atomic mass is 10.2. The molecule has 0 radical (unpaired) electrons. The topological polar surface area (TPSA) is 52.7 Å². The molecule has 19 heavy (non-hydrogen) atoms. The van der Waals surface area contributed by atoms with E-state index in [1.807, 2.05) is 24.3 Å². The molecule has 1 N–H and O–H groups in total. The molecule has 5 nitrogen and oxygen atoms in total. The highest BCUT2D eigenvalue weighted by atomic mass is 16.2. The van der Waals surface area contributed by atoms with Gasteiger partial charge in [0, 0.05) is 18.8 Å². The fourth-order valence-corrected chi connectivity index (χ4v) is 2.65. The van der Waals surface area contributed by atoms with Gasteiger partial charge in [0.15, 0.2) is 0 Å². The smallest absolute Gasteiger partial charge is 0.247 e. The Bertz CT molecular complexity index is 476. The summed E-state index contributed by atoms with van der Waals surface area (Å²) in [6.07, 6.45) is 2.47. The zero-order chi connectivity index (χ0) is 13.2. The largest absolute Gasteiger partial charge is 0.372 e. The molecule has 0 saturated carbocycles. The number of carbonyl (C=O) groups excluding carboxylic acids is 2. The van der Waals surface area contributed by atoms with Gasteiger partial charge in [-0.05, 0) is 37.1 Å². The minimum absolute atomic E-state index is 0.190. The lowest BCUT2D eigenvalue weighted by molar-refractivity contribution is -0.127. The van der Waals surface area contributed by atoms with Crippen molar-refractivity contribution in [2.75, 3.05) is 36.0 Å². The Labute approximate surface area is 112 Å². The third-order valence-electron chi connectivity index (χ3n) is 3.63. The summed E-state index contributed by atoms with van der Waals surface area (Å²) in [6.45, 7) is 2.62. The number of benzene rings is 1. The number of piperazine rings is 1. The van der Waals surface area contributed by atoms with Crippen molar-refractivity contribution in [2.24, 2.45) is 0 Å². The van der Waals surface area contributed by atoms with Gasteiger partial charge in [-0.25, -0.2) is 4.90 Å². The summed E-state index contributed by atoms with van der Waals surface area (Å²) in [7, 11) is 0. The van der Waals surface area contributed by atoms with Crippen LogP contribution in [0.4, 0.5) is 11.4 Å². The number of hydrogen-bond acceptors (Lipinski definition) is 4. The summed E-state index contributed by atoms with van der Waals surface area (Å²) in [5.74, 6) is -0.379. The van der Waals surface area contributed by atoms with Crippen LogP contribution in [0.2, 0.25) is 0 Å². The first kappa shape index (κ1) is 12.2. The normalized spacial score (nSPS) is 20.2. The Morgan fingerprint density at radius 1 is 0.842 bits per heavy atom. The molecule has 0 aromatic heterocycles. The van der Waals surface area contributed by atoms with E-state index in [4.69, 9.17) is 0 Å². The number of rotatable bonds is 2. The highest BCUT2D eigenvalue weighted by molar-refractivity contribution is 6.17. The van der Waals surface area contributed by atoms with Crippen molar-refractivity contribution in [3.05, 3.63) is 24.3 Å². The minimum atomic E-state index is -0.190. The molecule has 1 aromatic rings. The standard InChI is InChI=1S/C14H17N3O2/c18-13-9-15-10-14(19)17(13)12-5-3-11(4-6-12)16-7-1-2-8-16/h3-6,15H,1-2,7-10H2. The zero-order valence-corrected chi connectivity index (χ0v) is 10.8. The lowest BCUT2D eigenvalue weighted by Crippen LogP contribution is -2.52. The first-order chi connectivity index (χ1) is 9.25. The van der Waals surface area contributed by atoms with Crippen molar-refractivity contribution in [1.29, 1.82) is 0 Å². The van der Waals surface area contributed by atoms with Gasteiger partial charge in [0.1, 0.15) is 0 Å². The molecule has 3 rings (SSSR count). The maximum Gasteiger partial charge on any atom is 0.247 e. The first-order valence-corrected chi connectivity index (χ1v) is 6.67. The van der Waals surface area contributed by atoms with Gasteiger partial charge in [0.25, 0.3) is 0 Å². The maximum atomic E-state index is 11.8. The van der Waals surface area contributed by atoms with Crippen molar-refractivity contribution in [3.8, 4) is 0 Å². The van der Waals surface area contributed by atoms with E-state index in [0.29, 0.717) is 5.69 Å². The van der Waals surface area contributed by atoms with Gasteiger partial charge in [-0.2, -0.15) is 0 Å². The minimum Gasteiger partial charge on any atom is -0.372 e. The van der Waals surface area contributed by atoms with Gasteiger partial charge in [-0.1, -0.05) is 0 Å². The van der Waals surface area contributed by atoms with E-state index in [-0.39, 0.29) is 24.9 Å². The van der Waals surface area contributed by atoms with Crippen LogP contribution in [0.15, 0.2) is 24.3 Å². The van der Waals surface area contributed by atoms with Crippen LogP contribution in [0.1, 0.15) is 12.8 Å². The van der Waals surface area contributed by atoms with Crippen LogP contribution < -0.4 is 15.1 Å². The summed E-state index contributed by atoms with van der Waals surface area (Å²) in [5, 5.41) is 2.79. The molecular formula is C14H17N3O2. The highest BCUT2D eigenvalue weighted by Crippen LogP contribution is 2.24. The van der Waals surface area contributed by atoms with Crippen molar-refractivity contribution in [1.82, 2.24) is 5.32 Å². The van der Waals surface area contributed by atoms with Crippen LogP contribution in [0, 0.1) is 0 Å². The molecule has 2 aliphatic heterocycles. The molecule has 1 aromatic carbocycles. The van der Waals surface area contributed by atoms with E-state index in [0.717, 1.165) is 18.8 Å². The van der Waals surface area contributed by atoms with E-state index >= 15 is 0 Å². The van der Waals surface area contributed by atoms with Crippen LogP contribution in [-0.4, -0.2) is 38.0 Å². The number of imide groups is 1. The fraction of sp³-hybridized carbons (Fsp3) is 0.429. The van der Waals surface area contributed by atoms with Gasteiger partial charge in [-0.3, -0.25) is 14.9 Å². The molecule has 2 aliphatic rings. The number of amides is 2. The lowest BCUT2D eigenvalue weighted by Gasteiger charge is -2.26.